The topological polar surface area (TPSA) is 46.6 Å². The number of esters is 1. The van der Waals surface area contributed by atoms with E-state index in [4.69, 9.17) is 4.74 Å². The van der Waals surface area contributed by atoms with Gasteiger partial charge in [-0.1, -0.05) is 49.0 Å². The van der Waals surface area contributed by atoms with E-state index in [0.29, 0.717) is 30.3 Å². The van der Waals surface area contributed by atoms with Crippen LogP contribution in [-0.4, -0.2) is 43.2 Å². The molecule has 0 saturated carbocycles. The molecule has 4 nitrogen and oxygen atoms in total. The predicted octanol–water partition coefficient (Wildman–Crippen LogP) is 5.39. The van der Waals surface area contributed by atoms with E-state index in [9.17, 15) is 9.59 Å². The van der Waals surface area contributed by atoms with Gasteiger partial charge in [0.25, 0.3) is 5.91 Å². The number of rotatable bonds is 11. The number of amides is 1. The van der Waals surface area contributed by atoms with Crippen molar-refractivity contribution in [1.29, 1.82) is 0 Å². The summed E-state index contributed by atoms with van der Waals surface area (Å²) in [5, 5.41) is 0. The van der Waals surface area contributed by atoms with E-state index in [-0.39, 0.29) is 11.9 Å². The highest BCUT2D eigenvalue weighted by Gasteiger charge is 2.12. The maximum absolute atomic E-state index is 12.1. The number of ether oxygens (including phenoxy) is 1. The molecule has 0 fully saturated rings. The number of carbonyl (C=O) groups is 2. The molecule has 1 amide bonds. The molecule has 0 N–H and O–H groups in total. The van der Waals surface area contributed by atoms with Crippen molar-refractivity contribution in [3.63, 3.8) is 0 Å². The zero-order chi connectivity index (χ0) is 19.5. The Morgan fingerprint density at radius 3 is 2.58 bits per heavy atom. The largest absolute Gasteiger partial charge is 0.465 e. The summed E-state index contributed by atoms with van der Waals surface area (Å²) in [6.45, 7) is 4.84. The number of halogens is 1. The molecule has 1 aromatic carbocycles. The fourth-order valence-corrected chi connectivity index (χ4v) is 4.03. The van der Waals surface area contributed by atoms with E-state index in [1.54, 1.807) is 30.8 Å². The first-order valence-electron chi connectivity index (χ1n) is 9.18. The zero-order valence-electron chi connectivity index (χ0n) is 16.2. The molecule has 0 aromatic heterocycles. The van der Waals surface area contributed by atoms with Crippen molar-refractivity contribution in [2.24, 2.45) is 5.92 Å². The molecule has 0 heterocycles. The van der Waals surface area contributed by atoms with Gasteiger partial charge < -0.3 is 9.64 Å². The smallest absolute Gasteiger partial charge is 0.306 e. The molecule has 1 unspecified atom stereocenters. The standard InChI is InChI=1S/C20H30BrNO3S/c1-5-7-8-15(6-2)14-25-19(23)9-10-26-18-12-16(11-17(21)13-18)20(24)22(3)4/h11-13,15H,5-10,14H2,1-4H3. The van der Waals surface area contributed by atoms with E-state index in [1.165, 1.54) is 12.8 Å². The molecule has 0 bridgehead atoms. The van der Waals surface area contributed by atoms with Crippen molar-refractivity contribution in [2.45, 2.75) is 50.8 Å². The Morgan fingerprint density at radius 2 is 1.96 bits per heavy atom. The molecule has 1 atom stereocenters. The third kappa shape index (κ3) is 8.58. The van der Waals surface area contributed by atoms with E-state index in [0.717, 1.165) is 22.2 Å². The van der Waals surface area contributed by atoms with Gasteiger partial charge in [0.15, 0.2) is 0 Å². The second kappa shape index (κ2) is 12.4. The van der Waals surface area contributed by atoms with Crippen LogP contribution in [0, 0.1) is 5.92 Å². The molecule has 0 saturated heterocycles. The van der Waals surface area contributed by atoms with Crippen LogP contribution in [0.1, 0.15) is 56.3 Å². The molecule has 0 radical (unpaired) electrons. The second-order valence-corrected chi connectivity index (χ2v) is 8.66. The Kier molecular flexibility index (Phi) is 11.0. The Morgan fingerprint density at radius 1 is 1.23 bits per heavy atom. The average Bonchev–Trinajstić information content (AvgIpc) is 2.60. The molecular weight excluding hydrogens is 414 g/mol. The van der Waals surface area contributed by atoms with Crippen LogP contribution in [-0.2, 0) is 9.53 Å². The first-order valence-corrected chi connectivity index (χ1v) is 11.0. The lowest BCUT2D eigenvalue weighted by atomic mass is 10.0. The molecule has 6 heteroatoms. The van der Waals surface area contributed by atoms with Crippen molar-refractivity contribution in [3.8, 4) is 0 Å². The van der Waals surface area contributed by atoms with Gasteiger partial charge in [0.1, 0.15) is 0 Å². The average molecular weight is 444 g/mol. The van der Waals surface area contributed by atoms with E-state index >= 15 is 0 Å². The maximum Gasteiger partial charge on any atom is 0.306 e. The van der Waals surface area contributed by atoms with Crippen LogP contribution in [0.15, 0.2) is 27.6 Å². The normalized spacial score (nSPS) is 11.9. The van der Waals surface area contributed by atoms with Crippen LogP contribution in [0.3, 0.4) is 0 Å². The van der Waals surface area contributed by atoms with E-state index in [1.807, 2.05) is 18.2 Å². The number of nitrogens with zero attached hydrogens (tertiary/aromatic N) is 1. The SMILES string of the molecule is CCCCC(CC)COC(=O)CCSc1cc(Br)cc(C(=O)N(C)C)c1. The molecule has 1 aromatic rings. The van der Waals surface area contributed by atoms with Crippen molar-refractivity contribution in [1.82, 2.24) is 4.90 Å². The summed E-state index contributed by atoms with van der Waals surface area (Å²) in [4.78, 5) is 26.6. The summed E-state index contributed by atoms with van der Waals surface area (Å²) in [6.07, 6.45) is 4.89. The number of unbranched alkanes of at least 4 members (excludes halogenated alkanes) is 1. The van der Waals surface area contributed by atoms with Gasteiger partial charge in [-0.3, -0.25) is 9.59 Å². The minimum absolute atomic E-state index is 0.0368. The van der Waals surface area contributed by atoms with Gasteiger partial charge in [-0.25, -0.2) is 0 Å². The van der Waals surface area contributed by atoms with Crippen molar-refractivity contribution in [3.05, 3.63) is 28.2 Å². The van der Waals surface area contributed by atoms with Gasteiger partial charge in [-0.15, -0.1) is 11.8 Å². The highest BCUT2D eigenvalue weighted by molar-refractivity contribution is 9.10. The van der Waals surface area contributed by atoms with Gasteiger partial charge in [0, 0.05) is 34.8 Å². The molecule has 0 aliphatic heterocycles. The first-order chi connectivity index (χ1) is 12.4. The number of thioether (sulfide) groups is 1. The van der Waals surface area contributed by atoms with Crippen LogP contribution < -0.4 is 0 Å². The van der Waals surface area contributed by atoms with Gasteiger partial charge >= 0.3 is 5.97 Å². The Hall–Kier alpha value is -1.01. The lowest BCUT2D eigenvalue weighted by Crippen LogP contribution is -2.21. The van der Waals surface area contributed by atoms with Crippen LogP contribution in [0.4, 0.5) is 0 Å². The number of hydrogen-bond donors (Lipinski definition) is 0. The van der Waals surface area contributed by atoms with Crippen molar-refractivity contribution >= 4 is 39.6 Å². The number of carbonyl (C=O) groups excluding carboxylic acids is 2. The summed E-state index contributed by atoms with van der Waals surface area (Å²) >= 11 is 5.00. The lowest BCUT2D eigenvalue weighted by Gasteiger charge is -2.14. The number of hydrogen-bond acceptors (Lipinski definition) is 4. The summed E-state index contributed by atoms with van der Waals surface area (Å²) in [5.74, 6) is 0.921. The van der Waals surface area contributed by atoms with Crippen molar-refractivity contribution < 1.29 is 14.3 Å². The highest BCUT2D eigenvalue weighted by atomic mass is 79.9. The van der Waals surface area contributed by atoms with Crippen LogP contribution >= 0.6 is 27.7 Å². The third-order valence-electron chi connectivity index (χ3n) is 4.12. The molecule has 26 heavy (non-hydrogen) atoms. The molecule has 146 valence electrons. The summed E-state index contributed by atoms with van der Waals surface area (Å²) in [7, 11) is 3.46. The fraction of sp³-hybridized carbons (Fsp3) is 0.600. The summed E-state index contributed by atoms with van der Waals surface area (Å²) < 4.78 is 6.28. The highest BCUT2D eigenvalue weighted by Crippen LogP contribution is 2.25. The predicted molar refractivity (Wildman–Crippen MR) is 112 cm³/mol. The fourth-order valence-electron chi connectivity index (χ4n) is 2.46. The third-order valence-corrected chi connectivity index (χ3v) is 5.56. The Labute approximate surface area is 170 Å². The monoisotopic (exact) mass is 443 g/mol. The Balaban J connectivity index is 2.45. The van der Waals surface area contributed by atoms with E-state index in [2.05, 4.69) is 29.8 Å². The van der Waals surface area contributed by atoms with E-state index < -0.39 is 0 Å². The molecule has 0 aliphatic rings. The maximum atomic E-state index is 12.1. The first kappa shape index (κ1) is 23.0. The van der Waals surface area contributed by atoms with Gasteiger partial charge in [0.2, 0.25) is 0 Å². The van der Waals surface area contributed by atoms with Crippen molar-refractivity contribution in [2.75, 3.05) is 26.5 Å². The molecule has 1 rings (SSSR count). The number of benzene rings is 1. The minimum atomic E-state index is -0.146. The summed E-state index contributed by atoms with van der Waals surface area (Å²) in [6, 6.07) is 5.63. The molecule has 0 aliphatic carbocycles. The second-order valence-electron chi connectivity index (χ2n) is 6.57. The van der Waals surface area contributed by atoms with Gasteiger partial charge in [-0.2, -0.15) is 0 Å². The van der Waals surface area contributed by atoms with Gasteiger partial charge in [0.05, 0.1) is 13.0 Å². The quantitative estimate of drug-likeness (QED) is 0.339. The van der Waals surface area contributed by atoms with Crippen LogP contribution in [0.25, 0.3) is 0 Å². The summed E-state index contributed by atoms with van der Waals surface area (Å²) in [5.41, 5.74) is 0.635. The zero-order valence-corrected chi connectivity index (χ0v) is 18.6. The lowest BCUT2D eigenvalue weighted by molar-refractivity contribution is -0.144. The van der Waals surface area contributed by atoms with Crippen LogP contribution in [0.5, 0.6) is 0 Å². The molecule has 0 spiro atoms. The van der Waals surface area contributed by atoms with Gasteiger partial charge in [-0.05, 0) is 30.5 Å². The minimum Gasteiger partial charge on any atom is -0.465 e. The van der Waals surface area contributed by atoms with Crippen LogP contribution in [0.2, 0.25) is 0 Å². The Bertz CT molecular complexity index is 592. The molecular formula is C20H30BrNO3S.